The SMILES string of the molecule is O=C(O)c1cnc2c(C(F)(F)F)cccc2c1Nc1ccc(N2CCOCC2)cc1. The van der Waals surface area contributed by atoms with Gasteiger partial charge in [0.1, 0.15) is 5.56 Å². The lowest BCUT2D eigenvalue weighted by Crippen LogP contribution is -2.36. The summed E-state index contributed by atoms with van der Waals surface area (Å²) in [7, 11) is 0. The predicted octanol–water partition coefficient (Wildman–Crippen LogP) is 4.53. The third-order valence-corrected chi connectivity index (χ3v) is 4.95. The van der Waals surface area contributed by atoms with Crippen LogP contribution in [-0.4, -0.2) is 42.4 Å². The summed E-state index contributed by atoms with van der Waals surface area (Å²) in [4.78, 5) is 17.6. The molecule has 1 aromatic heterocycles. The molecule has 1 aliphatic heterocycles. The standard InChI is InChI=1S/C21H18F3N3O3/c22-21(23,24)17-3-1-2-15-18(16(20(28)29)12-25-19(15)17)26-13-4-6-14(7-5-13)27-8-10-30-11-9-27/h1-7,12H,8-11H2,(H,25,26)(H,28,29). The van der Waals surface area contributed by atoms with Crippen molar-refractivity contribution in [2.75, 3.05) is 36.5 Å². The summed E-state index contributed by atoms with van der Waals surface area (Å²) in [5.41, 5.74) is 0.183. The average molecular weight is 417 g/mol. The van der Waals surface area contributed by atoms with Gasteiger partial charge >= 0.3 is 12.1 Å². The number of carboxylic acids is 1. The molecule has 1 fully saturated rings. The van der Waals surface area contributed by atoms with Gasteiger partial charge in [-0.3, -0.25) is 4.98 Å². The number of carbonyl (C=O) groups is 1. The second-order valence-electron chi connectivity index (χ2n) is 6.82. The molecule has 2 N–H and O–H groups in total. The van der Waals surface area contributed by atoms with Gasteiger partial charge in [-0.05, 0) is 30.3 Å². The normalized spacial score (nSPS) is 14.7. The van der Waals surface area contributed by atoms with Gasteiger partial charge in [0.15, 0.2) is 0 Å². The molecule has 6 nitrogen and oxygen atoms in total. The second-order valence-corrected chi connectivity index (χ2v) is 6.82. The second kappa shape index (κ2) is 7.83. The maximum absolute atomic E-state index is 13.4. The number of anilines is 3. The number of fused-ring (bicyclic) bond motifs is 1. The number of benzene rings is 2. The van der Waals surface area contributed by atoms with Crippen molar-refractivity contribution in [3.05, 3.63) is 59.8 Å². The zero-order valence-electron chi connectivity index (χ0n) is 15.7. The summed E-state index contributed by atoms with van der Waals surface area (Å²) in [5.74, 6) is -1.28. The molecular weight excluding hydrogens is 399 g/mol. The van der Waals surface area contributed by atoms with Gasteiger partial charge in [0.05, 0.1) is 30.0 Å². The molecule has 30 heavy (non-hydrogen) atoms. The molecule has 0 radical (unpaired) electrons. The van der Waals surface area contributed by atoms with E-state index in [1.165, 1.54) is 12.1 Å². The van der Waals surface area contributed by atoms with E-state index in [1.807, 2.05) is 12.1 Å². The molecule has 0 amide bonds. The Morgan fingerprint density at radius 3 is 2.43 bits per heavy atom. The summed E-state index contributed by atoms with van der Waals surface area (Å²) in [6.45, 7) is 2.83. The Bertz CT molecular complexity index is 1080. The Morgan fingerprint density at radius 2 is 1.80 bits per heavy atom. The smallest absolute Gasteiger partial charge is 0.418 e. The number of pyridine rings is 1. The predicted molar refractivity (Wildman–Crippen MR) is 106 cm³/mol. The molecule has 0 unspecified atom stereocenters. The molecule has 0 bridgehead atoms. The number of para-hydroxylation sites is 1. The zero-order chi connectivity index (χ0) is 21.3. The van der Waals surface area contributed by atoms with Crippen molar-refractivity contribution in [3.8, 4) is 0 Å². The number of morpholine rings is 1. The summed E-state index contributed by atoms with van der Waals surface area (Å²) in [5, 5.41) is 12.6. The van der Waals surface area contributed by atoms with Crippen LogP contribution in [0.3, 0.4) is 0 Å². The van der Waals surface area contributed by atoms with Crippen molar-refractivity contribution < 1.29 is 27.8 Å². The van der Waals surface area contributed by atoms with Crippen LogP contribution in [-0.2, 0) is 10.9 Å². The van der Waals surface area contributed by atoms with Crippen LogP contribution in [0.2, 0.25) is 0 Å². The summed E-state index contributed by atoms with van der Waals surface area (Å²) < 4.78 is 45.4. The minimum atomic E-state index is -4.60. The summed E-state index contributed by atoms with van der Waals surface area (Å²) in [6, 6.07) is 10.9. The van der Waals surface area contributed by atoms with Gasteiger partial charge in [-0.15, -0.1) is 0 Å². The lowest BCUT2D eigenvalue weighted by molar-refractivity contribution is -0.136. The number of hydrogen-bond donors (Lipinski definition) is 2. The molecule has 9 heteroatoms. The van der Waals surface area contributed by atoms with E-state index >= 15 is 0 Å². The third kappa shape index (κ3) is 3.88. The Morgan fingerprint density at radius 1 is 1.10 bits per heavy atom. The molecule has 0 atom stereocenters. The van der Waals surface area contributed by atoms with Crippen LogP contribution >= 0.6 is 0 Å². The van der Waals surface area contributed by atoms with Gasteiger partial charge in [-0.2, -0.15) is 13.2 Å². The molecular formula is C21H18F3N3O3. The number of ether oxygens (including phenoxy) is 1. The van der Waals surface area contributed by atoms with Crippen LogP contribution < -0.4 is 10.2 Å². The van der Waals surface area contributed by atoms with Gasteiger partial charge in [0, 0.05) is 36.0 Å². The van der Waals surface area contributed by atoms with Crippen LogP contribution in [0, 0.1) is 0 Å². The molecule has 0 spiro atoms. The van der Waals surface area contributed by atoms with Crippen LogP contribution in [0.1, 0.15) is 15.9 Å². The minimum absolute atomic E-state index is 0.0673. The number of nitrogens with zero attached hydrogens (tertiary/aromatic N) is 2. The monoisotopic (exact) mass is 417 g/mol. The van der Waals surface area contributed by atoms with Gasteiger partial charge in [-0.25, -0.2) is 4.79 Å². The van der Waals surface area contributed by atoms with Crippen molar-refractivity contribution in [2.45, 2.75) is 6.18 Å². The first-order valence-electron chi connectivity index (χ1n) is 9.26. The van der Waals surface area contributed by atoms with Crippen LogP contribution in [0.15, 0.2) is 48.7 Å². The highest BCUT2D eigenvalue weighted by atomic mass is 19.4. The number of nitrogens with one attached hydrogen (secondary N) is 1. The number of halogens is 3. The Kier molecular flexibility index (Phi) is 5.21. The largest absolute Gasteiger partial charge is 0.478 e. The highest BCUT2D eigenvalue weighted by molar-refractivity contribution is 6.06. The van der Waals surface area contributed by atoms with E-state index in [0.29, 0.717) is 18.9 Å². The molecule has 2 aromatic carbocycles. The maximum Gasteiger partial charge on any atom is 0.418 e. The molecule has 156 valence electrons. The van der Waals surface area contributed by atoms with Crippen molar-refractivity contribution in [2.24, 2.45) is 0 Å². The zero-order valence-corrected chi connectivity index (χ0v) is 15.7. The maximum atomic E-state index is 13.4. The Hall–Kier alpha value is -3.33. The molecule has 2 heterocycles. The van der Waals surface area contributed by atoms with Crippen LogP contribution in [0.4, 0.5) is 30.2 Å². The molecule has 1 aliphatic rings. The fourth-order valence-electron chi connectivity index (χ4n) is 3.47. The number of rotatable bonds is 4. The van der Waals surface area contributed by atoms with Gasteiger partial charge in [0.2, 0.25) is 0 Å². The number of carboxylic acid groups (broad SMARTS) is 1. The first-order valence-corrected chi connectivity index (χ1v) is 9.26. The lowest BCUT2D eigenvalue weighted by Gasteiger charge is -2.29. The number of aromatic nitrogens is 1. The highest BCUT2D eigenvalue weighted by Crippen LogP contribution is 2.37. The summed E-state index contributed by atoms with van der Waals surface area (Å²) >= 11 is 0. The van der Waals surface area contributed by atoms with Crippen molar-refractivity contribution in [3.63, 3.8) is 0 Å². The molecule has 3 aromatic rings. The number of hydrogen-bond acceptors (Lipinski definition) is 5. The van der Waals surface area contributed by atoms with Crippen LogP contribution in [0.5, 0.6) is 0 Å². The first kappa shape index (κ1) is 20.0. The third-order valence-electron chi connectivity index (χ3n) is 4.95. The minimum Gasteiger partial charge on any atom is -0.478 e. The van der Waals surface area contributed by atoms with Gasteiger partial charge < -0.3 is 20.1 Å². The lowest BCUT2D eigenvalue weighted by atomic mass is 10.0. The molecule has 0 saturated carbocycles. The van der Waals surface area contributed by atoms with Crippen LogP contribution in [0.25, 0.3) is 10.9 Å². The molecule has 1 saturated heterocycles. The van der Waals surface area contributed by atoms with E-state index in [-0.39, 0.29) is 22.2 Å². The van der Waals surface area contributed by atoms with E-state index in [4.69, 9.17) is 4.74 Å². The molecule has 4 rings (SSSR count). The van der Waals surface area contributed by atoms with Gasteiger partial charge in [0.25, 0.3) is 0 Å². The molecule has 0 aliphatic carbocycles. The number of aromatic carboxylic acids is 1. The quantitative estimate of drug-likeness (QED) is 0.650. The number of alkyl halides is 3. The van der Waals surface area contributed by atoms with Crippen molar-refractivity contribution in [1.82, 2.24) is 4.98 Å². The fraction of sp³-hybridized carbons (Fsp3) is 0.238. The van der Waals surface area contributed by atoms with E-state index < -0.39 is 17.7 Å². The van der Waals surface area contributed by atoms with E-state index in [2.05, 4.69) is 15.2 Å². The average Bonchev–Trinajstić information content (AvgIpc) is 2.74. The summed E-state index contributed by atoms with van der Waals surface area (Å²) in [6.07, 6.45) is -3.65. The van der Waals surface area contributed by atoms with Gasteiger partial charge in [-0.1, -0.05) is 12.1 Å². The Balaban J connectivity index is 1.74. The van der Waals surface area contributed by atoms with Crippen molar-refractivity contribution in [1.29, 1.82) is 0 Å². The van der Waals surface area contributed by atoms with E-state index in [9.17, 15) is 23.1 Å². The highest BCUT2D eigenvalue weighted by Gasteiger charge is 2.34. The first-order chi connectivity index (χ1) is 14.3. The van der Waals surface area contributed by atoms with Crippen molar-refractivity contribution >= 4 is 33.9 Å². The van der Waals surface area contributed by atoms with E-state index in [1.54, 1.807) is 12.1 Å². The Labute approximate surface area is 169 Å². The van der Waals surface area contributed by atoms with E-state index in [0.717, 1.165) is 31.0 Å². The topological polar surface area (TPSA) is 74.7 Å². The fourth-order valence-corrected chi connectivity index (χ4v) is 3.47.